The van der Waals surface area contributed by atoms with Crippen LogP contribution in [0.3, 0.4) is 0 Å². The largest absolute Gasteiger partial charge is 0.453 e. The molecule has 4 rings (SSSR count). The van der Waals surface area contributed by atoms with Gasteiger partial charge < -0.3 is 25.0 Å². The van der Waals surface area contributed by atoms with E-state index in [0.717, 1.165) is 24.1 Å². The zero-order valence-corrected chi connectivity index (χ0v) is 25.7. The van der Waals surface area contributed by atoms with Gasteiger partial charge in [0.15, 0.2) is 0 Å². The maximum Gasteiger partial charge on any atom is 0.406 e. The molecule has 0 saturated carbocycles. The standard InChI is InChI=1S/C35H44FN3O4/c1-5-25-10-6-11-28(22-25)32-30(13-7-14-31(32)36)35(42,19-9-20-37-34(41)43-4)29-12-8-21-39(24-29)33(40)27-17-15-26(16-18-27)23-38(2)3/h6-7,10-11,13-18,22,29,42H,5,8-9,12,19-21,23-24H2,1-4H3,(H,37,41)/t29-,35+/m1/s1. The van der Waals surface area contributed by atoms with E-state index >= 15 is 4.39 Å². The van der Waals surface area contributed by atoms with Gasteiger partial charge in [-0.3, -0.25) is 4.79 Å². The Morgan fingerprint density at radius 1 is 1.09 bits per heavy atom. The number of nitrogens with one attached hydrogen (secondary N) is 1. The second-order valence-electron chi connectivity index (χ2n) is 11.7. The number of rotatable bonds is 11. The van der Waals surface area contributed by atoms with Crippen molar-refractivity contribution in [2.24, 2.45) is 5.92 Å². The number of carbonyl (C=O) groups is 2. The van der Waals surface area contributed by atoms with Crippen LogP contribution in [0.15, 0.2) is 66.7 Å². The van der Waals surface area contributed by atoms with Gasteiger partial charge in [0.1, 0.15) is 5.82 Å². The summed E-state index contributed by atoms with van der Waals surface area (Å²) in [4.78, 5) is 29.2. The molecule has 230 valence electrons. The molecular formula is C35H44FN3O4. The quantitative estimate of drug-likeness (QED) is 0.269. The van der Waals surface area contributed by atoms with Crippen molar-refractivity contribution in [2.75, 3.05) is 40.8 Å². The van der Waals surface area contributed by atoms with Crippen molar-refractivity contribution >= 4 is 12.0 Å². The van der Waals surface area contributed by atoms with Gasteiger partial charge in [-0.25, -0.2) is 9.18 Å². The number of hydrogen-bond acceptors (Lipinski definition) is 5. The van der Waals surface area contributed by atoms with Crippen LogP contribution in [-0.4, -0.2) is 67.7 Å². The maximum atomic E-state index is 15.7. The average molecular weight is 590 g/mol. The zero-order chi connectivity index (χ0) is 31.0. The van der Waals surface area contributed by atoms with Crippen molar-refractivity contribution in [3.05, 3.63) is 94.8 Å². The highest BCUT2D eigenvalue weighted by Crippen LogP contribution is 2.44. The number of piperidine rings is 1. The molecule has 0 radical (unpaired) electrons. The summed E-state index contributed by atoms with van der Waals surface area (Å²) in [6.45, 7) is 4.05. The van der Waals surface area contributed by atoms with Crippen LogP contribution in [0.1, 0.15) is 59.7 Å². The summed E-state index contributed by atoms with van der Waals surface area (Å²) in [6, 6.07) is 20.3. The van der Waals surface area contributed by atoms with E-state index in [9.17, 15) is 14.7 Å². The van der Waals surface area contributed by atoms with E-state index in [2.05, 4.69) is 17.1 Å². The minimum absolute atomic E-state index is 0.0778. The average Bonchev–Trinajstić information content (AvgIpc) is 3.02. The Labute approximate surface area is 254 Å². The van der Waals surface area contributed by atoms with Crippen molar-refractivity contribution in [3.63, 3.8) is 0 Å². The smallest absolute Gasteiger partial charge is 0.406 e. The van der Waals surface area contributed by atoms with Gasteiger partial charge in [0, 0.05) is 43.2 Å². The molecule has 3 aromatic carbocycles. The van der Waals surface area contributed by atoms with E-state index in [1.807, 2.05) is 67.5 Å². The van der Waals surface area contributed by atoms with Crippen LogP contribution in [0.2, 0.25) is 0 Å². The number of aryl methyl sites for hydroxylation is 1. The Morgan fingerprint density at radius 2 is 1.84 bits per heavy atom. The van der Waals surface area contributed by atoms with E-state index in [1.165, 1.54) is 13.2 Å². The number of nitrogens with zero attached hydrogens (tertiary/aromatic N) is 2. The zero-order valence-electron chi connectivity index (χ0n) is 25.7. The molecule has 0 spiro atoms. The molecule has 1 aliphatic rings. The summed E-state index contributed by atoms with van der Waals surface area (Å²) in [6.07, 6.45) is 2.36. The van der Waals surface area contributed by atoms with Gasteiger partial charge in [-0.05, 0) is 86.7 Å². The van der Waals surface area contributed by atoms with E-state index in [4.69, 9.17) is 4.74 Å². The number of ether oxygens (including phenoxy) is 1. The Bertz CT molecular complexity index is 1390. The Kier molecular flexibility index (Phi) is 10.9. The number of aliphatic hydroxyl groups is 1. The minimum Gasteiger partial charge on any atom is -0.453 e. The minimum atomic E-state index is -1.45. The normalized spacial score (nSPS) is 16.5. The first-order valence-electron chi connectivity index (χ1n) is 15.1. The SMILES string of the molecule is CCc1cccc(-c2c(F)cccc2[C@](O)(CCCNC(=O)OC)[C@@H]2CCCN(C(=O)c3ccc(CN(C)C)cc3)C2)c1. The molecule has 1 aliphatic heterocycles. The van der Waals surface area contributed by atoms with Gasteiger partial charge in [0.25, 0.3) is 5.91 Å². The molecule has 0 unspecified atom stereocenters. The lowest BCUT2D eigenvalue weighted by Gasteiger charge is -2.43. The molecule has 3 aromatic rings. The molecule has 0 aliphatic carbocycles. The first kappa shape index (κ1) is 32.2. The number of hydrogen-bond donors (Lipinski definition) is 2. The lowest BCUT2D eigenvalue weighted by Crippen LogP contribution is -2.48. The summed E-state index contributed by atoms with van der Waals surface area (Å²) in [5.74, 6) is -0.824. The van der Waals surface area contributed by atoms with Gasteiger partial charge in [-0.1, -0.05) is 55.5 Å². The number of alkyl carbamates (subject to hydrolysis) is 1. The Morgan fingerprint density at radius 3 is 2.53 bits per heavy atom. The molecule has 0 aromatic heterocycles. The second kappa shape index (κ2) is 14.6. The van der Waals surface area contributed by atoms with Crippen LogP contribution in [0, 0.1) is 11.7 Å². The summed E-state index contributed by atoms with van der Waals surface area (Å²) in [7, 11) is 5.31. The number of amides is 2. The maximum absolute atomic E-state index is 15.7. The van der Waals surface area contributed by atoms with Crippen molar-refractivity contribution in [2.45, 2.75) is 51.2 Å². The molecule has 8 heteroatoms. The topological polar surface area (TPSA) is 82.1 Å². The first-order chi connectivity index (χ1) is 20.7. The molecule has 1 fully saturated rings. The van der Waals surface area contributed by atoms with E-state index in [1.54, 1.807) is 12.1 Å². The van der Waals surface area contributed by atoms with Crippen LogP contribution in [0.5, 0.6) is 0 Å². The molecule has 1 heterocycles. The number of methoxy groups -OCH3 is 1. The number of likely N-dealkylation sites (tertiary alicyclic amines) is 1. The highest BCUT2D eigenvalue weighted by atomic mass is 19.1. The predicted octanol–water partition coefficient (Wildman–Crippen LogP) is 5.99. The number of benzene rings is 3. The molecule has 2 atom stereocenters. The van der Waals surface area contributed by atoms with Crippen molar-refractivity contribution in [3.8, 4) is 11.1 Å². The molecular weight excluding hydrogens is 545 g/mol. The molecule has 7 nitrogen and oxygen atoms in total. The monoisotopic (exact) mass is 589 g/mol. The predicted molar refractivity (Wildman–Crippen MR) is 167 cm³/mol. The van der Waals surface area contributed by atoms with E-state index in [0.29, 0.717) is 61.2 Å². The van der Waals surface area contributed by atoms with Gasteiger partial charge in [-0.2, -0.15) is 0 Å². The van der Waals surface area contributed by atoms with E-state index < -0.39 is 17.5 Å². The van der Waals surface area contributed by atoms with Crippen molar-refractivity contribution < 1.29 is 23.8 Å². The molecule has 43 heavy (non-hydrogen) atoms. The molecule has 1 saturated heterocycles. The van der Waals surface area contributed by atoms with Crippen LogP contribution in [-0.2, 0) is 23.3 Å². The van der Waals surface area contributed by atoms with Gasteiger partial charge >= 0.3 is 6.09 Å². The third kappa shape index (κ3) is 7.80. The summed E-state index contributed by atoms with van der Waals surface area (Å²) in [5.41, 5.74) is 2.94. The second-order valence-corrected chi connectivity index (χ2v) is 11.7. The third-order valence-corrected chi connectivity index (χ3v) is 8.38. The molecule has 2 amide bonds. The Hall–Kier alpha value is -3.75. The molecule has 2 N–H and O–H groups in total. The summed E-state index contributed by atoms with van der Waals surface area (Å²) >= 11 is 0. The van der Waals surface area contributed by atoms with Gasteiger partial charge in [0.2, 0.25) is 0 Å². The lowest BCUT2D eigenvalue weighted by molar-refractivity contribution is -0.0564. The lowest BCUT2D eigenvalue weighted by atomic mass is 9.72. The Balaban J connectivity index is 1.67. The fraction of sp³-hybridized carbons (Fsp3) is 0.429. The fourth-order valence-corrected chi connectivity index (χ4v) is 6.16. The summed E-state index contributed by atoms with van der Waals surface area (Å²) in [5, 5.41) is 15.3. The molecule has 0 bridgehead atoms. The van der Waals surface area contributed by atoms with Gasteiger partial charge in [-0.15, -0.1) is 0 Å². The first-order valence-corrected chi connectivity index (χ1v) is 15.1. The van der Waals surface area contributed by atoms with E-state index in [-0.39, 0.29) is 18.2 Å². The van der Waals surface area contributed by atoms with Crippen LogP contribution >= 0.6 is 0 Å². The summed E-state index contributed by atoms with van der Waals surface area (Å²) < 4.78 is 20.4. The van der Waals surface area contributed by atoms with Gasteiger partial charge in [0.05, 0.1) is 12.7 Å². The van der Waals surface area contributed by atoms with Crippen LogP contribution in [0.25, 0.3) is 11.1 Å². The fourth-order valence-electron chi connectivity index (χ4n) is 6.16. The van der Waals surface area contributed by atoms with Crippen molar-refractivity contribution in [1.29, 1.82) is 0 Å². The highest BCUT2D eigenvalue weighted by molar-refractivity contribution is 5.94. The highest BCUT2D eigenvalue weighted by Gasteiger charge is 2.43. The van der Waals surface area contributed by atoms with Crippen LogP contribution < -0.4 is 5.32 Å². The number of halogens is 1. The van der Waals surface area contributed by atoms with Crippen LogP contribution in [0.4, 0.5) is 9.18 Å². The third-order valence-electron chi connectivity index (χ3n) is 8.38. The number of carbonyl (C=O) groups excluding carboxylic acids is 2. The van der Waals surface area contributed by atoms with Crippen molar-refractivity contribution in [1.82, 2.24) is 15.1 Å².